The van der Waals surface area contributed by atoms with E-state index < -0.39 is 167 Å². The number of hydrogen-bond donors (Lipinski definition) is 13. The highest BCUT2D eigenvalue weighted by atomic mass is 16.8. The highest BCUT2D eigenvalue weighted by Crippen LogP contribution is 2.37. The molecule has 5 aliphatic rings. The van der Waals surface area contributed by atoms with Crippen LogP contribution >= 0.6 is 0 Å². The van der Waals surface area contributed by atoms with Crippen LogP contribution in [0.3, 0.4) is 0 Å². The van der Waals surface area contributed by atoms with E-state index in [0.29, 0.717) is 19.3 Å². The third-order valence-electron chi connectivity index (χ3n) is 14.3. The van der Waals surface area contributed by atoms with Crippen LogP contribution in [0.2, 0.25) is 0 Å². The van der Waals surface area contributed by atoms with Gasteiger partial charge in [0.15, 0.2) is 31.5 Å². The van der Waals surface area contributed by atoms with Crippen molar-refractivity contribution in [2.24, 2.45) is 0 Å². The van der Waals surface area contributed by atoms with Crippen LogP contribution in [0.25, 0.3) is 0 Å². The van der Waals surface area contributed by atoms with E-state index in [2.05, 4.69) is 6.92 Å². The minimum absolute atomic E-state index is 0.219. The molecule has 26 unspecified atom stereocenters. The van der Waals surface area contributed by atoms with Crippen molar-refractivity contribution in [3.05, 3.63) is 0 Å². The zero-order chi connectivity index (χ0) is 53.0. The molecule has 5 heterocycles. The molecule has 0 spiro atoms. The summed E-state index contributed by atoms with van der Waals surface area (Å²) in [5, 5.41) is 141. The van der Waals surface area contributed by atoms with Gasteiger partial charge in [0.1, 0.15) is 104 Å². The van der Waals surface area contributed by atoms with Crippen molar-refractivity contribution < 1.29 is 123 Å². The van der Waals surface area contributed by atoms with E-state index in [4.69, 9.17) is 52.1 Å². The standard InChI is InChI=1S/C47H84O25/c1-6-7-13-16-24(17-14-11-9-8-10-12-15-18-27(50)62-5)66-47-42(33(56)30(53)26(20-49)68-47)72-44-37(60)34(57)39(22(3)64-44)69-46-38(61)41(71-45-36(59)32(55)29(52)25(19-48)67-45)40(23(4)65-46)70-43-35(58)31(54)28(51)21(2)63-43/h21-26,28-49,51-61H,6-20H2,1-5H3. The number of hydrogen-bond acceptors (Lipinski definition) is 25. The average Bonchev–Trinajstić information content (AvgIpc) is 3.36. The van der Waals surface area contributed by atoms with Crippen molar-refractivity contribution >= 4 is 5.97 Å². The van der Waals surface area contributed by atoms with Gasteiger partial charge >= 0.3 is 5.97 Å². The minimum Gasteiger partial charge on any atom is -0.469 e. The van der Waals surface area contributed by atoms with Crippen LogP contribution in [-0.4, -0.2) is 252 Å². The van der Waals surface area contributed by atoms with Crippen molar-refractivity contribution in [3.8, 4) is 0 Å². The maximum absolute atomic E-state index is 11.9. The first-order chi connectivity index (χ1) is 34.3. The van der Waals surface area contributed by atoms with Crippen LogP contribution in [0.1, 0.15) is 111 Å². The van der Waals surface area contributed by atoms with Gasteiger partial charge in [-0.3, -0.25) is 4.79 Å². The van der Waals surface area contributed by atoms with Gasteiger partial charge in [0.25, 0.3) is 0 Å². The van der Waals surface area contributed by atoms with Gasteiger partial charge in [0, 0.05) is 6.42 Å². The molecule has 5 fully saturated rings. The fourth-order valence-electron chi connectivity index (χ4n) is 9.71. The predicted molar refractivity (Wildman–Crippen MR) is 243 cm³/mol. The number of aliphatic hydroxyl groups is 13. The van der Waals surface area contributed by atoms with Gasteiger partial charge in [0.05, 0.1) is 44.7 Å². The Hall–Kier alpha value is -1.45. The van der Waals surface area contributed by atoms with Crippen molar-refractivity contribution in [2.75, 3.05) is 20.3 Å². The Morgan fingerprint density at radius 2 is 0.847 bits per heavy atom. The number of rotatable bonds is 26. The smallest absolute Gasteiger partial charge is 0.305 e. The maximum Gasteiger partial charge on any atom is 0.305 e. The van der Waals surface area contributed by atoms with Gasteiger partial charge in [0.2, 0.25) is 0 Å². The van der Waals surface area contributed by atoms with E-state index in [9.17, 15) is 71.2 Å². The molecule has 5 aliphatic heterocycles. The predicted octanol–water partition coefficient (Wildman–Crippen LogP) is -3.18. The first-order valence-electron chi connectivity index (χ1n) is 25.6. The Bertz CT molecular complexity index is 1550. The first-order valence-corrected chi connectivity index (χ1v) is 25.6. The van der Waals surface area contributed by atoms with Crippen LogP contribution in [0.4, 0.5) is 0 Å². The fourth-order valence-corrected chi connectivity index (χ4v) is 9.71. The summed E-state index contributed by atoms with van der Waals surface area (Å²) in [5.41, 5.74) is 0. The van der Waals surface area contributed by atoms with Gasteiger partial charge in [-0.15, -0.1) is 0 Å². The second-order valence-corrected chi connectivity index (χ2v) is 19.7. The molecule has 5 saturated heterocycles. The topological polar surface area (TPSA) is 382 Å². The third-order valence-corrected chi connectivity index (χ3v) is 14.3. The number of ether oxygens (including phenoxy) is 11. The Labute approximate surface area is 419 Å². The Morgan fingerprint density at radius 1 is 0.431 bits per heavy atom. The summed E-state index contributed by atoms with van der Waals surface area (Å²) in [5.74, 6) is -0.219. The van der Waals surface area contributed by atoms with Gasteiger partial charge < -0.3 is 118 Å². The van der Waals surface area contributed by atoms with E-state index >= 15 is 0 Å². The summed E-state index contributed by atoms with van der Waals surface area (Å²) in [7, 11) is 1.37. The van der Waals surface area contributed by atoms with E-state index in [1.807, 2.05) is 0 Å². The maximum atomic E-state index is 11.9. The van der Waals surface area contributed by atoms with Gasteiger partial charge in [-0.1, -0.05) is 64.7 Å². The minimum atomic E-state index is -1.97. The lowest BCUT2D eigenvalue weighted by Crippen LogP contribution is -2.67. The van der Waals surface area contributed by atoms with Crippen LogP contribution in [0.5, 0.6) is 0 Å². The summed E-state index contributed by atoms with van der Waals surface area (Å²) in [6.07, 6.45) is -30.2. The number of carbonyl (C=O) groups excluding carboxylic acids is 1. The van der Waals surface area contributed by atoms with Crippen LogP contribution in [0.15, 0.2) is 0 Å². The summed E-state index contributed by atoms with van der Waals surface area (Å²) < 4.78 is 64.6. The van der Waals surface area contributed by atoms with Crippen LogP contribution < -0.4 is 0 Å². The molecule has 0 aliphatic carbocycles. The molecular formula is C47H84O25. The fraction of sp³-hybridized carbons (Fsp3) is 0.979. The van der Waals surface area contributed by atoms with Gasteiger partial charge in [-0.25, -0.2) is 0 Å². The Kier molecular flexibility index (Phi) is 25.0. The Morgan fingerprint density at radius 3 is 1.43 bits per heavy atom. The summed E-state index contributed by atoms with van der Waals surface area (Å²) >= 11 is 0. The number of aliphatic hydroxyl groups excluding tert-OH is 13. The Balaban J connectivity index is 1.27. The lowest BCUT2D eigenvalue weighted by atomic mass is 9.95. The molecule has 0 aromatic heterocycles. The zero-order valence-corrected chi connectivity index (χ0v) is 41.8. The number of carbonyl (C=O) groups is 1. The molecule has 13 N–H and O–H groups in total. The largest absolute Gasteiger partial charge is 0.469 e. The highest BCUT2D eigenvalue weighted by molar-refractivity contribution is 5.68. The van der Waals surface area contributed by atoms with Crippen molar-refractivity contribution in [1.82, 2.24) is 0 Å². The first kappa shape index (κ1) is 61.4. The normalized spacial score (nSPS) is 44.4. The van der Waals surface area contributed by atoms with Crippen LogP contribution in [0, 0.1) is 0 Å². The van der Waals surface area contributed by atoms with E-state index in [1.165, 1.54) is 27.9 Å². The zero-order valence-electron chi connectivity index (χ0n) is 41.8. The third kappa shape index (κ3) is 15.6. The SMILES string of the molecule is CCCCCC(CCCCCCCCCC(=O)OC)OC1OC(CO)C(O)C(O)C1OC1OC(C)C(OC2OC(C)C(OC3OC(C)C(O)C(O)C3O)C(OC3OC(CO)C(O)C(O)C3O)C2O)C(O)C1O. The molecule has 25 nitrogen and oxygen atoms in total. The summed E-state index contributed by atoms with van der Waals surface area (Å²) in [6.45, 7) is 4.86. The lowest BCUT2D eigenvalue weighted by Gasteiger charge is -2.50. The molecule has 0 aromatic carbocycles. The van der Waals surface area contributed by atoms with Crippen molar-refractivity contribution in [2.45, 2.75) is 271 Å². The lowest BCUT2D eigenvalue weighted by molar-refractivity contribution is -0.400. The second kappa shape index (κ2) is 29.3. The quantitative estimate of drug-likeness (QED) is 0.0300. The van der Waals surface area contributed by atoms with E-state index in [0.717, 1.165) is 64.2 Å². The molecule has 0 amide bonds. The second-order valence-electron chi connectivity index (χ2n) is 19.7. The molecule has 5 rings (SSSR count). The monoisotopic (exact) mass is 1050 g/mol. The number of unbranched alkanes of at least 4 members (excludes halogenated alkanes) is 8. The molecule has 422 valence electrons. The molecule has 25 heteroatoms. The van der Waals surface area contributed by atoms with Gasteiger partial charge in [-0.05, 0) is 40.0 Å². The van der Waals surface area contributed by atoms with Gasteiger partial charge in [-0.2, -0.15) is 0 Å². The average molecular weight is 1050 g/mol. The molecule has 0 aromatic rings. The van der Waals surface area contributed by atoms with Crippen molar-refractivity contribution in [3.63, 3.8) is 0 Å². The molecule has 72 heavy (non-hydrogen) atoms. The van der Waals surface area contributed by atoms with E-state index in [1.54, 1.807) is 0 Å². The molecule has 0 radical (unpaired) electrons. The van der Waals surface area contributed by atoms with E-state index in [-0.39, 0.29) is 12.1 Å². The molecule has 26 atom stereocenters. The molecule has 0 bridgehead atoms. The van der Waals surface area contributed by atoms with Crippen LogP contribution in [-0.2, 0) is 56.9 Å². The molecule has 0 saturated carbocycles. The summed E-state index contributed by atoms with van der Waals surface area (Å²) in [4.78, 5) is 11.4. The number of esters is 1. The molecular weight excluding hydrogens is 964 g/mol. The number of methoxy groups -OCH3 is 1. The summed E-state index contributed by atoms with van der Waals surface area (Å²) in [6, 6.07) is 0. The van der Waals surface area contributed by atoms with Crippen molar-refractivity contribution in [1.29, 1.82) is 0 Å². The highest BCUT2D eigenvalue weighted by Gasteiger charge is 2.56.